The van der Waals surface area contributed by atoms with Crippen LogP contribution in [0.1, 0.15) is 183 Å². The highest BCUT2D eigenvalue weighted by Crippen LogP contribution is 2.66. The summed E-state index contributed by atoms with van der Waals surface area (Å²) in [5.41, 5.74) is 10.6. The Morgan fingerprint density at radius 2 is 0.810 bits per heavy atom. The van der Waals surface area contributed by atoms with Gasteiger partial charge in [-0.3, -0.25) is 4.52 Å². The van der Waals surface area contributed by atoms with Gasteiger partial charge in [0.05, 0.1) is 5.41 Å². The molecule has 0 aromatic heterocycles. The van der Waals surface area contributed by atoms with Crippen LogP contribution in [0, 0.1) is 33.6 Å². The average molecular weight is 839 g/mol. The van der Waals surface area contributed by atoms with Gasteiger partial charge in [0.15, 0.2) is 0 Å². The van der Waals surface area contributed by atoms with E-state index in [1.54, 1.807) is 0 Å². The van der Waals surface area contributed by atoms with Crippen LogP contribution in [-0.4, -0.2) is 9.79 Å². The molecule has 0 spiro atoms. The van der Waals surface area contributed by atoms with E-state index in [1.165, 1.54) is 75.2 Å². The third-order valence-corrected chi connectivity index (χ3v) is 15.8. The normalized spacial score (nSPS) is 16.3. The molecule has 0 aliphatic carbocycles. The molecule has 0 fully saturated rings. The fourth-order valence-electron chi connectivity index (χ4n) is 9.85. The van der Waals surface area contributed by atoms with Crippen LogP contribution in [0.2, 0.25) is 0 Å². The molecule has 0 radical (unpaired) electrons. The molecule has 2 N–H and O–H groups in total. The Bertz CT molecular complexity index is 2100. The maximum atomic E-state index is 12.0. The Kier molecular flexibility index (Phi) is 12.0. The van der Waals surface area contributed by atoms with Crippen molar-refractivity contribution < 1.29 is 14.3 Å². The van der Waals surface area contributed by atoms with Gasteiger partial charge in [0.1, 0.15) is 5.60 Å². The highest BCUT2D eigenvalue weighted by Gasteiger charge is 2.62. The molecule has 0 atom stereocenters. The fraction of sp³-hybridized carbons (Fsp3) is 0.538. The first kappa shape index (κ1) is 45.4. The van der Waals surface area contributed by atoms with Crippen molar-refractivity contribution in [1.29, 1.82) is 0 Å². The fourth-order valence-corrected chi connectivity index (χ4v) is 12.5. The minimum atomic E-state index is -2.91. The lowest BCUT2D eigenvalue weighted by Crippen LogP contribution is -2.56. The van der Waals surface area contributed by atoms with E-state index in [-0.39, 0.29) is 21.7 Å². The first-order valence-corrected chi connectivity index (χ1v) is 24.2. The Labute approximate surface area is 362 Å². The summed E-state index contributed by atoms with van der Waals surface area (Å²) in [5, 5.41) is 0. The summed E-state index contributed by atoms with van der Waals surface area (Å²) >= 11 is 3.74. The third kappa shape index (κ3) is 7.81. The summed E-state index contributed by atoms with van der Waals surface area (Å²) in [4.78, 5) is 28.9. The van der Waals surface area contributed by atoms with Crippen molar-refractivity contribution in [3.8, 4) is 0 Å². The van der Waals surface area contributed by atoms with E-state index in [4.69, 9.17) is 4.52 Å². The van der Waals surface area contributed by atoms with Gasteiger partial charge in [-0.25, -0.2) is 0 Å². The van der Waals surface area contributed by atoms with Crippen LogP contribution in [0.15, 0.2) is 68.1 Å². The van der Waals surface area contributed by atoms with Crippen LogP contribution >= 0.6 is 32.1 Å². The Morgan fingerprint density at radius 3 is 1.09 bits per heavy atom. The van der Waals surface area contributed by atoms with Gasteiger partial charge in [0, 0.05) is 19.6 Å². The SMILES string of the molecule is Cc1cc2c(C(C)(C)C)cc1Sc1cc(C(C)(C)C)c(cc1C)C2(CCCC(C)C)C1(OP(O)O)c2cc(C)c(cc2C(C)(C)C)Sc2cc(C(C)(C)C)c1cc2C. The van der Waals surface area contributed by atoms with Crippen molar-refractivity contribution in [2.75, 3.05) is 0 Å². The summed E-state index contributed by atoms with van der Waals surface area (Å²) in [5.74, 6) is 0.481. The maximum Gasteiger partial charge on any atom is 0.328 e. The van der Waals surface area contributed by atoms with E-state index in [2.05, 4.69) is 173 Å². The summed E-state index contributed by atoms with van der Waals surface area (Å²) in [7, 11) is -2.91. The summed E-state index contributed by atoms with van der Waals surface area (Å²) in [6.07, 6.45) is 2.67. The minimum Gasteiger partial charge on any atom is -0.328 e. The lowest BCUT2D eigenvalue weighted by Gasteiger charge is -2.57. The molecular formula is C52H71O3PS2. The Morgan fingerprint density at radius 1 is 0.517 bits per heavy atom. The standard InChI is InChI=1S/C52H71O3PS2/c1-30(2)20-19-21-51(39-22-31(3)43(26-35(39)47(7,8)9)57-44-27-36(48(10,11)12)40(51)23-32(44)4)52(55-56(53)54)41-24-33(5)45(28-37(41)49(13,14)15)58-46-29-38(50(16,17)18)42(52)25-34(46)6/h22-30,53-54H,19-21H2,1-18H3. The van der Waals surface area contributed by atoms with Gasteiger partial charge in [-0.2, -0.15) is 0 Å². The van der Waals surface area contributed by atoms with Crippen LogP contribution in [0.4, 0.5) is 0 Å². The number of rotatable bonds is 7. The molecule has 3 nitrogen and oxygen atoms in total. The zero-order valence-corrected chi connectivity index (χ0v) is 41.4. The van der Waals surface area contributed by atoms with Gasteiger partial charge < -0.3 is 9.79 Å². The molecule has 0 unspecified atom stereocenters. The van der Waals surface area contributed by atoms with Crippen LogP contribution in [-0.2, 0) is 37.2 Å². The predicted octanol–water partition coefficient (Wildman–Crippen LogP) is 15.3. The largest absolute Gasteiger partial charge is 0.328 e. The van der Waals surface area contributed by atoms with E-state index < -0.39 is 19.6 Å². The van der Waals surface area contributed by atoms with Crippen LogP contribution in [0.5, 0.6) is 0 Å². The highest BCUT2D eigenvalue weighted by molar-refractivity contribution is 7.99. The molecule has 8 heterocycles. The molecule has 4 aromatic rings. The molecule has 0 saturated carbocycles. The van der Waals surface area contributed by atoms with Crippen molar-refractivity contribution in [2.45, 2.75) is 196 Å². The zero-order valence-electron chi connectivity index (χ0n) is 38.9. The average Bonchev–Trinajstić information content (AvgIpc) is 3.06. The molecule has 8 aliphatic rings. The van der Waals surface area contributed by atoms with Gasteiger partial charge in [-0.1, -0.05) is 158 Å². The van der Waals surface area contributed by atoms with Crippen molar-refractivity contribution in [1.82, 2.24) is 0 Å². The summed E-state index contributed by atoms with van der Waals surface area (Å²) in [6, 6.07) is 19.5. The highest BCUT2D eigenvalue weighted by atomic mass is 32.2. The van der Waals surface area contributed by atoms with E-state index in [1.807, 2.05) is 23.5 Å². The van der Waals surface area contributed by atoms with Crippen LogP contribution in [0.25, 0.3) is 0 Å². The summed E-state index contributed by atoms with van der Waals surface area (Å²) < 4.78 is 7.61. The van der Waals surface area contributed by atoms with Gasteiger partial charge in [0.2, 0.25) is 0 Å². The first-order chi connectivity index (χ1) is 26.5. The van der Waals surface area contributed by atoms with Crippen molar-refractivity contribution >= 4 is 32.1 Å². The number of aryl methyl sites for hydroxylation is 4. The van der Waals surface area contributed by atoms with Gasteiger partial charge in [0.25, 0.3) is 0 Å². The second-order valence-electron chi connectivity index (χ2n) is 22.1. The first-order valence-electron chi connectivity index (χ1n) is 21.4. The van der Waals surface area contributed by atoms with Crippen LogP contribution in [0.3, 0.4) is 0 Å². The molecule has 0 saturated heterocycles. The smallest absolute Gasteiger partial charge is 0.328 e. The van der Waals surface area contributed by atoms with E-state index in [0.29, 0.717) is 5.92 Å². The molecule has 8 bridgehead atoms. The van der Waals surface area contributed by atoms with Crippen molar-refractivity contribution in [3.05, 3.63) is 115 Å². The van der Waals surface area contributed by atoms with E-state index >= 15 is 0 Å². The molecule has 8 aliphatic heterocycles. The van der Waals surface area contributed by atoms with Gasteiger partial charge >= 0.3 is 8.60 Å². The van der Waals surface area contributed by atoms with Crippen molar-refractivity contribution in [2.24, 2.45) is 5.92 Å². The van der Waals surface area contributed by atoms with Crippen molar-refractivity contribution in [3.63, 3.8) is 0 Å². The molecule has 12 rings (SSSR count). The third-order valence-electron chi connectivity index (χ3n) is 12.8. The topological polar surface area (TPSA) is 49.7 Å². The molecule has 314 valence electrons. The number of hydrogen-bond acceptors (Lipinski definition) is 5. The Hall–Kier alpha value is -2.11. The molecular weight excluding hydrogens is 768 g/mol. The minimum absolute atomic E-state index is 0.258. The van der Waals surface area contributed by atoms with E-state index in [0.717, 1.165) is 30.4 Å². The molecule has 0 amide bonds. The maximum absolute atomic E-state index is 12.0. The van der Waals surface area contributed by atoms with E-state index in [9.17, 15) is 9.79 Å². The second-order valence-corrected chi connectivity index (χ2v) is 24.9. The number of hydrogen-bond donors (Lipinski definition) is 2. The monoisotopic (exact) mass is 838 g/mol. The Balaban J connectivity index is 2.11. The second kappa shape index (κ2) is 15.4. The number of benzene rings is 4. The molecule has 4 aromatic carbocycles. The predicted molar refractivity (Wildman–Crippen MR) is 250 cm³/mol. The quantitative estimate of drug-likeness (QED) is 0.182. The van der Waals surface area contributed by atoms with Crippen LogP contribution < -0.4 is 0 Å². The lowest BCUT2D eigenvalue weighted by molar-refractivity contribution is 0.0148. The zero-order chi connectivity index (χ0) is 43.3. The molecule has 6 heteroatoms. The van der Waals surface area contributed by atoms with Gasteiger partial charge in [-0.15, -0.1) is 0 Å². The lowest BCUT2D eigenvalue weighted by atomic mass is 9.50. The summed E-state index contributed by atoms with van der Waals surface area (Å²) in [6.45, 7) is 41.6. The van der Waals surface area contributed by atoms with Gasteiger partial charge in [-0.05, 0) is 153 Å². The molecule has 58 heavy (non-hydrogen) atoms.